The summed E-state index contributed by atoms with van der Waals surface area (Å²) >= 11 is 1.27. The lowest BCUT2D eigenvalue weighted by atomic mass is 9.96. The summed E-state index contributed by atoms with van der Waals surface area (Å²) in [7, 11) is -3.29. The number of anilines is 2. The van der Waals surface area contributed by atoms with Gasteiger partial charge in [-0.05, 0) is 43.2 Å². The van der Waals surface area contributed by atoms with Crippen LogP contribution in [0.3, 0.4) is 0 Å². The highest BCUT2D eigenvalue weighted by Crippen LogP contribution is 2.29. The minimum Gasteiger partial charge on any atom is -0.357 e. The zero-order valence-electron chi connectivity index (χ0n) is 16.2. The van der Waals surface area contributed by atoms with E-state index in [1.165, 1.54) is 17.4 Å². The molecule has 1 N–H and O–H groups in total. The zero-order valence-corrected chi connectivity index (χ0v) is 17.8. The minimum atomic E-state index is -3.29. The predicted octanol–water partition coefficient (Wildman–Crippen LogP) is 2.82. The first-order valence-corrected chi connectivity index (χ1v) is 12.1. The Balaban J connectivity index is 1.39. The van der Waals surface area contributed by atoms with Gasteiger partial charge in [-0.2, -0.15) is 5.26 Å². The Labute approximate surface area is 178 Å². The van der Waals surface area contributed by atoms with E-state index < -0.39 is 9.84 Å². The summed E-state index contributed by atoms with van der Waals surface area (Å²) in [5.74, 6) is 0.601. The molecule has 1 fully saturated rings. The number of nitrogens with one attached hydrogen (secondary N) is 1. The van der Waals surface area contributed by atoms with Crippen molar-refractivity contribution in [3.8, 4) is 6.07 Å². The van der Waals surface area contributed by atoms with Crippen LogP contribution in [0.15, 0.2) is 41.4 Å². The van der Waals surface area contributed by atoms with Crippen molar-refractivity contribution in [3.63, 3.8) is 0 Å². The predicted molar refractivity (Wildman–Crippen MR) is 115 cm³/mol. The molecule has 0 unspecified atom stereocenters. The van der Waals surface area contributed by atoms with Gasteiger partial charge in [-0.25, -0.2) is 18.4 Å². The maximum atomic E-state index is 12.7. The number of aromatic nitrogens is 2. The molecular formula is C20H19N5O3S2. The molecule has 4 rings (SSSR count). The normalized spacial score (nSPS) is 15.1. The number of amides is 1. The van der Waals surface area contributed by atoms with E-state index in [2.05, 4.69) is 26.3 Å². The molecular weight excluding hydrogens is 422 g/mol. The highest BCUT2D eigenvalue weighted by atomic mass is 32.2. The van der Waals surface area contributed by atoms with E-state index in [1.54, 1.807) is 24.4 Å². The van der Waals surface area contributed by atoms with Crippen molar-refractivity contribution in [1.82, 2.24) is 9.97 Å². The minimum absolute atomic E-state index is 0.0789. The van der Waals surface area contributed by atoms with Crippen molar-refractivity contribution in [2.24, 2.45) is 5.92 Å². The molecule has 1 aromatic carbocycles. The third-order valence-electron chi connectivity index (χ3n) is 5.08. The standard InChI is InChI=1S/C20H19N5O3S2/c1-30(27,28)15-3-4-16-17(10-15)29-20(23-16)24-19(26)14-6-8-25(9-7-14)18-5-2-13(11-21)12-22-18/h2-5,10,12,14H,6-9H2,1H3,(H,23,24,26). The van der Waals surface area contributed by atoms with Crippen LogP contribution in [-0.4, -0.2) is 43.6 Å². The maximum Gasteiger partial charge on any atom is 0.229 e. The van der Waals surface area contributed by atoms with Gasteiger partial charge >= 0.3 is 0 Å². The Morgan fingerprint density at radius 2 is 2.03 bits per heavy atom. The molecule has 0 radical (unpaired) electrons. The fourth-order valence-corrected chi connectivity index (χ4v) is 5.04. The molecule has 30 heavy (non-hydrogen) atoms. The van der Waals surface area contributed by atoms with Gasteiger partial charge < -0.3 is 10.2 Å². The van der Waals surface area contributed by atoms with Gasteiger partial charge in [0.1, 0.15) is 11.9 Å². The van der Waals surface area contributed by atoms with Crippen LogP contribution < -0.4 is 10.2 Å². The molecule has 1 saturated heterocycles. The molecule has 3 heterocycles. The van der Waals surface area contributed by atoms with Crippen molar-refractivity contribution in [1.29, 1.82) is 5.26 Å². The summed E-state index contributed by atoms with van der Waals surface area (Å²) in [6, 6.07) is 10.4. The van der Waals surface area contributed by atoms with Crippen LogP contribution in [0, 0.1) is 17.2 Å². The van der Waals surface area contributed by atoms with E-state index in [1.807, 2.05) is 6.07 Å². The number of carbonyl (C=O) groups is 1. The number of thiazole rings is 1. The molecule has 1 amide bonds. The zero-order chi connectivity index (χ0) is 21.3. The lowest BCUT2D eigenvalue weighted by molar-refractivity contribution is -0.120. The van der Waals surface area contributed by atoms with Gasteiger partial charge in [-0.15, -0.1) is 0 Å². The molecule has 0 spiro atoms. The summed E-state index contributed by atoms with van der Waals surface area (Å²) in [5.41, 5.74) is 1.18. The maximum absolute atomic E-state index is 12.7. The van der Waals surface area contributed by atoms with Crippen molar-refractivity contribution in [3.05, 3.63) is 42.1 Å². The van der Waals surface area contributed by atoms with Crippen LogP contribution in [0.5, 0.6) is 0 Å². The van der Waals surface area contributed by atoms with Crippen LogP contribution in [0.2, 0.25) is 0 Å². The smallest absolute Gasteiger partial charge is 0.229 e. The number of rotatable bonds is 4. The lowest BCUT2D eigenvalue weighted by Crippen LogP contribution is -2.38. The summed E-state index contributed by atoms with van der Waals surface area (Å²) in [4.78, 5) is 23.7. The average molecular weight is 442 g/mol. The van der Waals surface area contributed by atoms with E-state index >= 15 is 0 Å². The number of nitriles is 1. The molecule has 10 heteroatoms. The number of carbonyl (C=O) groups excluding carboxylic acids is 1. The van der Waals surface area contributed by atoms with Gasteiger partial charge in [-0.1, -0.05) is 11.3 Å². The van der Waals surface area contributed by atoms with E-state index in [9.17, 15) is 13.2 Å². The molecule has 154 valence electrons. The van der Waals surface area contributed by atoms with Crippen molar-refractivity contribution >= 4 is 48.2 Å². The van der Waals surface area contributed by atoms with Gasteiger partial charge in [-0.3, -0.25) is 4.79 Å². The highest BCUT2D eigenvalue weighted by Gasteiger charge is 2.26. The first-order chi connectivity index (χ1) is 14.3. The third-order valence-corrected chi connectivity index (χ3v) is 7.13. The largest absolute Gasteiger partial charge is 0.357 e. The molecule has 2 aromatic heterocycles. The second-order valence-corrected chi connectivity index (χ2v) is 10.2. The van der Waals surface area contributed by atoms with Crippen LogP contribution in [0.4, 0.5) is 10.9 Å². The number of benzene rings is 1. The number of fused-ring (bicyclic) bond motifs is 1. The number of pyridine rings is 1. The molecule has 3 aromatic rings. The van der Waals surface area contributed by atoms with Gasteiger partial charge in [0, 0.05) is 31.5 Å². The fourth-order valence-electron chi connectivity index (χ4n) is 3.41. The number of hydrogen-bond acceptors (Lipinski definition) is 8. The van der Waals surface area contributed by atoms with Crippen LogP contribution in [0.1, 0.15) is 18.4 Å². The molecule has 0 bridgehead atoms. The summed E-state index contributed by atoms with van der Waals surface area (Å²) in [6.07, 6.45) is 4.10. The van der Waals surface area contributed by atoms with Crippen molar-refractivity contribution < 1.29 is 13.2 Å². The summed E-state index contributed by atoms with van der Waals surface area (Å²) in [5, 5.41) is 12.2. The molecule has 1 aliphatic rings. The number of sulfone groups is 1. The Morgan fingerprint density at radius 3 is 2.67 bits per heavy atom. The van der Waals surface area contributed by atoms with Gasteiger partial charge in [0.15, 0.2) is 15.0 Å². The highest BCUT2D eigenvalue weighted by molar-refractivity contribution is 7.90. The molecule has 0 saturated carbocycles. The van der Waals surface area contributed by atoms with E-state index in [0.29, 0.717) is 42.1 Å². The first kappa shape index (κ1) is 20.3. The molecule has 0 atom stereocenters. The average Bonchev–Trinajstić information content (AvgIpc) is 3.14. The van der Waals surface area contributed by atoms with E-state index in [0.717, 1.165) is 16.8 Å². The SMILES string of the molecule is CS(=O)(=O)c1ccc2nc(NC(=O)C3CCN(c4ccc(C#N)cn4)CC3)sc2c1. The first-order valence-electron chi connectivity index (χ1n) is 9.36. The van der Waals surface area contributed by atoms with E-state index in [4.69, 9.17) is 5.26 Å². The van der Waals surface area contributed by atoms with Gasteiger partial charge in [0.2, 0.25) is 5.91 Å². The summed E-state index contributed by atoms with van der Waals surface area (Å²) in [6.45, 7) is 1.41. The van der Waals surface area contributed by atoms with Gasteiger partial charge in [0.25, 0.3) is 0 Å². The molecule has 8 nitrogen and oxygen atoms in total. The number of nitrogens with zero attached hydrogens (tertiary/aromatic N) is 4. The topological polar surface area (TPSA) is 116 Å². The van der Waals surface area contributed by atoms with E-state index in [-0.39, 0.29) is 16.7 Å². The van der Waals surface area contributed by atoms with Crippen LogP contribution in [0.25, 0.3) is 10.2 Å². The Morgan fingerprint density at radius 1 is 1.27 bits per heavy atom. The lowest BCUT2D eigenvalue weighted by Gasteiger charge is -2.31. The van der Waals surface area contributed by atoms with Gasteiger partial charge in [0.05, 0.1) is 20.7 Å². The third kappa shape index (κ3) is 4.27. The van der Waals surface area contributed by atoms with Crippen molar-refractivity contribution in [2.45, 2.75) is 17.7 Å². The number of hydrogen-bond donors (Lipinski definition) is 1. The second-order valence-electron chi connectivity index (χ2n) is 7.19. The molecule has 0 aliphatic carbocycles. The Hall–Kier alpha value is -3.03. The van der Waals surface area contributed by atoms with Crippen molar-refractivity contribution in [2.75, 3.05) is 29.6 Å². The Bertz CT molecular complexity index is 1240. The quantitative estimate of drug-likeness (QED) is 0.662. The number of piperidine rings is 1. The second kappa shape index (κ2) is 8.01. The summed E-state index contributed by atoms with van der Waals surface area (Å²) < 4.78 is 24.2. The van der Waals surface area contributed by atoms with Crippen LogP contribution in [-0.2, 0) is 14.6 Å². The fraction of sp³-hybridized carbons (Fsp3) is 0.300. The monoisotopic (exact) mass is 441 g/mol. The Kier molecular flexibility index (Phi) is 5.40. The molecule has 1 aliphatic heterocycles. The van der Waals surface area contributed by atoms with Crippen LogP contribution >= 0.6 is 11.3 Å².